The largest absolute Gasteiger partial charge is 0.410 e. The van der Waals surface area contributed by atoms with E-state index >= 15 is 0 Å². The molecule has 180 valence electrons. The fourth-order valence-electron chi connectivity index (χ4n) is 4.63. The van der Waals surface area contributed by atoms with Crippen molar-refractivity contribution in [1.82, 2.24) is 0 Å². The zero-order valence-electron chi connectivity index (χ0n) is 21.0. The van der Waals surface area contributed by atoms with E-state index in [1.165, 1.54) is 0 Å². The normalized spacial score (nSPS) is 28.8. The van der Waals surface area contributed by atoms with Gasteiger partial charge >= 0.3 is 0 Å². The SMILES string of the molecule is CC[C@]1(O)C/C=C\[C@H](O[Si](CC)(CC)CC)[C@H](C(C)C)/C=C\1S(=O)(=NC)c1ccccc1. The monoisotopic (exact) mass is 477 g/mol. The second-order valence-electron chi connectivity index (χ2n) is 9.22. The van der Waals surface area contributed by atoms with Gasteiger partial charge in [-0.05, 0) is 49.0 Å². The van der Waals surface area contributed by atoms with E-state index in [1.807, 2.05) is 43.3 Å². The molecular formula is C26H43NO3SSi. The van der Waals surface area contributed by atoms with E-state index in [1.54, 1.807) is 7.05 Å². The first-order chi connectivity index (χ1) is 15.1. The summed E-state index contributed by atoms with van der Waals surface area (Å²) in [6.07, 6.45) is 7.03. The van der Waals surface area contributed by atoms with Crippen LogP contribution >= 0.6 is 0 Å². The first kappa shape index (κ1) is 27.0. The van der Waals surface area contributed by atoms with E-state index in [9.17, 15) is 9.32 Å². The number of hydrogen-bond acceptors (Lipinski definition) is 4. The molecule has 0 fully saturated rings. The molecule has 0 saturated carbocycles. The van der Waals surface area contributed by atoms with Crippen LogP contribution in [-0.4, -0.2) is 36.4 Å². The first-order valence-electron chi connectivity index (χ1n) is 12.1. The topological polar surface area (TPSA) is 58.9 Å². The van der Waals surface area contributed by atoms with Gasteiger partial charge in [0, 0.05) is 13.0 Å². The summed E-state index contributed by atoms with van der Waals surface area (Å²) < 4.78 is 25.8. The number of aliphatic hydroxyl groups is 1. The molecule has 1 aromatic rings. The van der Waals surface area contributed by atoms with Crippen molar-refractivity contribution in [3.63, 3.8) is 0 Å². The minimum atomic E-state index is -2.96. The number of nitrogens with zero attached hydrogens (tertiary/aromatic N) is 1. The van der Waals surface area contributed by atoms with Crippen LogP contribution in [0.2, 0.25) is 18.1 Å². The summed E-state index contributed by atoms with van der Waals surface area (Å²) in [6.45, 7) is 13.0. The first-order valence-corrected chi connectivity index (χ1v) is 16.2. The molecule has 1 N–H and O–H groups in total. The zero-order valence-corrected chi connectivity index (χ0v) is 22.8. The zero-order chi connectivity index (χ0) is 24.0. The molecule has 0 radical (unpaired) electrons. The fourth-order valence-corrected chi connectivity index (χ4v) is 9.72. The predicted octanol–water partition coefficient (Wildman–Crippen LogP) is 6.79. The summed E-state index contributed by atoms with van der Waals surface area (Å²) >= 11 is 0. The third-order valence-corrected chi connectivity index (χ3v) is 14.4. The Labute approximate surface area is 197 Å². The second-order valence-corrected chi connectivity index (χ2v) is 16.3. The van der Waals surface area contributed by atoms with Crippen LogP contribution in [0.25, 0.3) is 0 Å². The molecule has 4 atom stereocenters. The Morgan fingerprint density at radius 2 is 1.75 bits per heavy atom. The fraction of sp³-hybridized carbons (Fsp3) is 0.615. The maximum atomic E-state index is 14.4. The minimum absolute atomic E-state index is 0.00226. The quantitative estimate of drug-likeness (QED) is 0.314. The molecule has 4 nitrogen and oxygen atoms in total. The molecule has 0 aromatic heterocycles. The molecule has 1 unspecified atom stereocenters. The number of benzene rings is 1. The van der Waals surface area contributed by atoms with Crippen LogP contribution in [0, 0.1) is 11.8 Å². The van der Waals surface area contributed by atoms with Gasteiger partial charge in [0.1, 0.15) is 15.3 Å². The van der Waals surface area contributed by atoms with Crippen LogP contribution in [0.15, 0.2) is 62.7 Å². The molecule has 2 rings (SSSR count). The van der Waals surface area contributed by atoms with Gasteiger partial charge in [-0.2, -0.15) is 0 Å². The maximum absolute atomic E-state index is 14.4. The molecule has 0 spiro atoms. The second kappa shape index (κ2) is 11.3. The Bertz CT molecular complexity index is 906. The molecule has 1 aliphatic carbocycles. The summed E-state index contributed by atoms with van der Waals surface area (Å²) in [5.41, 5.74) is -1.21. The molecule has 6 heteroatoms. The van der Waals surface area contributed by atoms with Crippen molar-refractivity contribution in [2.45, 2.75) is 89.1 Å². The Hall–Kier alpha value is -1.21. The van der Waals surface area contributed by atoms with Gasteiger partial charge in [-0.1, -0.05) is 78.0 Å². The lowest BCUT2D eigenvalue weighted by Crippen LogP contribution is -2.44. The highest BCUT2D eigenvalue weighted by atomic mass is 32.2. The van der Waals surface area contributed by atoms with Crippen LogP contribution in [0.4, 0.5) is 0 Å². The molecule has 0 aliphatic heterocycles. The van der Waals surface area contributed by atoms with Crippen molar-refractivity contribution in [3.8, 4) is 0 Å². The highest BCUT2D eigenvalue weighted by Crippen LogP contribution is 2.40. The van der Waals surface area contributed by atoms with Gasteiger partial charge in [0.25, 0.3) is 0 Å². The average Bonchev–Trinajstić information content (AvgIpc) is 2.81. The molecule has 32 heavy (non-hydrogen) atoms. The van der Waals surface area contributed by atoms with Crippen LogP contribution in [0.3, 0.4) is 0 Å². The highest BCUT2D eigenvalue weighted by molar-refractivity contribution is 7.97. The van der Waals surface area contributed by atoms with Gasteiger partial charge in [-0.25, -0.2) is 8.57 Å². The van der Waals surface area contributed by atoms with Crippen molar-refractivity contribution in [1.29, 1.82) is 0 Å². The van der Waals surface area contributed by atoms with E-state index in [-0.39, 0.29) is 17.9 Å². The third kappa shape index (κ3) is 5.46. The number of hydrogen-bond donors (Lipinski definition) is 1. The van der Waals surface area contributed by atoms with E-state index in [0.29, 0.717) is 22.6 Å². The highest BCUT2D eigenvalue weighted by Gasteiger charge is 2.41. The van der Waals surface area contributed by atoms with Crippen LogP contribution in [0.1, 0.15) is 54.4 Å². The van der Waals surface area contributed by atoms with Crippen LogP contribution in [-0.2, 0) is 14.2 Å². The van der Waals surface area contributed by atoms with Gasteiger partial charge in [0.05, 0.1) is 15.9 Å². The predicted molar refractivity (Wildman–Crippen MR) is 139 cm³/mol. The summed E-state index contributed by atoms with van der Waals surface area (Å²) in [6, 6.07) is 12.6. The lowest BCUT2D eigenvalue weighted by atomic mass is 9.84. The van der Waals surface area contributed by atoms with Crippen LogP contribution < -0.4 is 0 Å². The van der Waals surface area contributed by atoms with Gasteiger partial charge in [0.2, 0.25) is 0 Å². The Kier molecular flexibility index (Phi) is 9.53. The smallest absolute Gasteiger partial charge is 0.192 e. The van der Waals surface area contributed by atoms with Crippen LogP contribution in [0.5, 0.6) is 0 Å². The van der Waals surface area contributed by atoms with Gasteiger partial charge in [-0.15, -0.1) is 0 Å². The number of rotatable bonds is 9. The molecule has 0 saturated heterocycles. The molecule has 0 bridgehead atoms. The molecule has 1 aromatic carbocycles. The Morgan fingerprint density at radius 1 is 1.16 bits per heavy atom. The summed E-state index contributed by atoms with van der Waals surface area (Å²) in [5.74, 6) is 0.259. The average molecular weight is 478 g/mol. The van der Waals surface area contributed by atoms with Crippen molar-refractivity contribution in [2.75, 3.05) is 7.05 Å². The minimum Gasteiger partial charge on any atom is -0.410 e. The van der Waals surface area contributed by atoms with E-state index < -0.39 is 23.6 Å². The standard InChI is InChI=1S/C26H43NO3SSi/c1-8-26(28)19-15-18-24(30-32(9-2,10-3)11-4)23(21(5)6)20-25(26)31(29,27-7)22-16-13-12-14-17-22/h12-18,20-21,23-24,28H,8-11,19H2,1-7H3/b18-15-,25-20+/t23-,24-,26-,31?/m0/s1. The Balaban J connectivity index is 2.72. The van der Waals surface area contributed by atoms with Crippen molar-refractivity contribution in [3.05, 3.63) is 53.5 Å². The maximum Gasteiger partial charge on any atom is 0.192 e. The van der Waals surface area contributed by atoms with E-state index in [0.717, 1.165) is 18.1 Å². The van der Waals surface area contributed by atoms with Crippen molar-refractivity contribution in [2.24, 2.45) is 16.2 Å². The molecular weight excluding hydrogens is 434 g/mol. The van der Waals surface area contributed by atoms with Crippen molar-refractivity contribution < 1.29 is 13.7 Å². The lowest BCUT2D eigenvalue weighted by molar-refractivity contribution is 0.0801. The lowest BCUT2D eigenvalue weighted by Gasteiger charge is -2.39. The molecule has 0 heterocycles. The van der Waals surface area contributed by atoms with E-state index in [2.05, 4.69) is 51.1 Å². The Morgan fingerprint density at radius 3 is 2.22 bits per heavy atom. The summed E-state index contributed by atoms with van der Waals surface area (Å²) in [7, 11) is -3.21. The van der Waals surface area contributed by atoms with Gasteiger partial charge in [0.15, 0.2) is 8.32 Å². The van der Waals surface area contributed by atoms with Crippen molar-refractivity contribution >= 4 is 18.0 Å². The summed E-state index contributed by atoms with van der Waals surface area (Å²) in [5, 5.41) is 11.7. The third-order valence-electron chi connectivity index (χ3n) is 7.25. The molecule has 1 aliphatic rings. The summed E-state index contributed by atoms with van der Waals surface area (Å²) in [4.78, 5) is 1.18. The van der Waals surface area contributed by atoms with Gasteiger partial charge < -0.3 is 9.53 Å². The van der Waals surface area contributed by atoms with Gasteiger partial charge in [-0.3, -0.25) is 0 Å². The molecule has 0 amide bonds. The van der Waals surface area contributed by atoms with E-state index in [4.69, 9.17) is 4.43 Å².